The van der Waals surface area contributed by atoms with Crippen molar-refractivity contribution in [2.24, 2.45) is 10.1 Å². The molecular formula is C24H19N5O5S. The Hall–Kier alpha value is -4.51. The number of benzene rings is 2. The summed E-state index contributed by atoms with van der Waals surface area (Å²) in [5.74, 6) is 0.219. The highest BCUT2D eigenvalue weighted by atomic mass is 32.1. The smallest absolute Gasteiger partial charge is 0.433 e. The number of hydrogen-bond acceptors (Lipinski definition) is 8. The first-order valence-corrected chi connectivity index (χ1v) is 11.4. The Balaban J connectivity index is 1.64. The fourth-order valence-corrected chi connectivity index (χ4v) is 4.47. The highest BCUT2D eigenvalue weighted by molar-refractivity contribution is 7.07. The van der Waals surface area contributed by atoms with E-state index in [1.54, 1.807) is 16.8 Å². The van der Waals surface area contributed by atoms with Crippen molar-refractivity contribution in [1.29, 1.82) is 0 Å². The van der Waals surface area contributed by atoms with Crippen LogP contribution in [0.15, 0.2) is 68.4 Å². The van der Waals surface area contributed by atoms with Crippen molar-refractivity contribution in [2.75, 3.05) is 11.9 Å². The van der Waals surface area contributed by atoms with Gasteiger partial charge in [-0.15, -0.1) is 11.3 Å². The number of aryl methyl sites for hydroxylation is 2. The van der Waals surface area contributed by atoms with Gasteiger partial charge in [0.2, 0.25) is 4.80 Å². The SMILES string of the molecule is Cc1cccc(C)c1N=c1scc(-c2ccc3c(c2)NC(=O)CO3)n1N=Cc1ccc([N+](=O)[O-])o1. The minimum atomic E-state index is -0.605. The highest BCUT2D eigenvalue weighted by Gasteiger charge is 2.18. The first kappa shape index (κ1) is 22.3. The summed E-state index contributed by atoms with van der Waals surface area (Å²) in [7, 11) is 0. The number of aromatic nitrogens is 1. The van der Waals surface area contributed by atoms with E-state index in [9.17, 15) is 14.9 Å². The van der Waals surface area contributed by atoms with Crippen LogP contribution in [0.5, 0.6) is 5.75 Å². The van der Waals surface area contributed by atoms with E-state index in [0.29, 0.717) is 21.9 Å². The van der Waals surface area contributed by atoms with Crippen molar-refractivity contribution in [3.8, 4) is 17.0 Å². The largest absolute Gasteiger partial charge is 0.482 e. The number of nitrogens with one attached hydrogen (secondary N) is 1. The summed E-state index contributed by atoms with van der Waals surface area (Å²) >= 11 is 1.39. The molecule has 1 aliphatic rings. The molecule has 11 heteroatoms. The van der Waals surface area contributed by atoms with E-state index < -0.39 is 4.92 Å². The number of nitro groups is 1. The summed E-state index contributed by atoms with van der Waals surface area (Å²) in [6.45, 7) is 3.95. The molecule has 2 aromatic carbocycles. The van der Waals surface area contributed by atoms with Gasteiger partial charge in [-0.05, 0) is 49.2 Å². The third kappa shape index (κ3) is 4.49. The van der Waals surface area contributed by atoms with E-state index in [1.807, 2.05) is 43.5 Å². The fourth-order valence-electron chi connectivity index (χ4n) is 3.63. The van der Waals surface area contributed by atoms with Gasteiger partial charge in [0.25, 0.3) is 5.91 Å². The number of anilines is 1. The molecule has 0 atom stereocenters. The molecule has 0 saturated heterocycles. The standard InChI is InChI=1S/C24H19N5O5S/c1-14-4-3-5-15(2)23(14)27-24-28(25-11-17-7-9-22(34-17)29(31)32)19(13-35-24)16-6-8-20-18(10-16)26-21(30)12-33-20/h3-11,13H,12H2,1-2H3,(H,26,30). The van der Waals surface area contributed by atoms with E-state index in [2.05, 4.69) is 10.4 Å². The number of nitrogens with zero attached hydrogens (tertiary/aromatic N) is 4. The Bertz CT molecular complexity index is 1540. The van der Waals surface area contributed by atoms with Gasteiger partial charge in [-0.3, -0.25) is 14.9 Å². The lowest BCUT2D eigenvalue weighted by molar-refractivity contribution is -0.402. The van der Waals surface area contributed by atoms with E-state index in [-0.39, 0.29) is 24.2 Å². The number of ether oxygens (including phenoxy) is 1. The molecule has 176 valence electrons. The molecule has 1 aliphatic heterocycles. The lowest BCUT2D eigenvalue weighted by atomic mass is 10.1. The first-order chi connectivity index (χ1) is 16.9. The maximum absolute atomic E-state index is 11.8. The van der Waals surface area contributed by atoms with Crippen LogP contribution in [0.3, 0.4) is 0 Å². The summed E-state index contributed by atoms with van der Waals surface area (Å²) in [5, 5.41) is 20.2. The van der Waals surface area contributed by atoms with Gasteiger partial charge in [-0.2, -0.15) is 5.10 Å². The van der Waals surface area contributed by atoms with Crippen molar-refractivity contribution in [3.63, 3.8) is 0 Å². The van der Waals surface area contributed by atoms with Crippen molar-refractivity contribution >= 4 is 40.7 Å². The van der Waals surface area contributed by atoms with Gasteiger partial charge in [0.15, 0.2) is 12.4 Å². The maximum Gasteiger partial charge on any atom is 0.433 e. The predicted octanol–water partition coefficient (Wildman–Crippen LogP) is 4.78. The number of para-hydroxylation sites is 1. The molecule has 0 fully saturated rings. The number of fused-ring (bicyclic) bond motifs is 1. The summed E-state index contributed by atoms with van der Waals surface area (Å²) in [6.07, 6.45) is 1.40. The maximum atomic E-state index is 11.8. The van der Waals surface area contributed by atoms with Crippen LogP contribution in [-0.4, -0.2) is 28.3 Å². The molecule has 10 nitrogen and oxygen atoms in total. The monoisotopic (exact) mass is 489 g/mol. The second kappa shape index (κ2) is 9.03. The van der Waals surface area contributed by atoms with Gasteiger partial charge in [-0.25, -0.2) is 9.67 Å². The molecule has 3 heterocycles. The third-order valence-electron chi connectivity index (χ3n) is 5.33. The number of carbonyl (C=O) groups excluding carboxylic acids is 1. The van der Waals surface area contributed by atoms with Crippen LogP contribution in [0.2, 0.25) is 0 Å². The van der Waals surface area contributed by atoms with Crippen LogP contribution < -0.4 is 14.9 Å². The number of furan rings is 1. The molecule has 1 N–H and O–H groups in total. The average molecular weight is 490 g/mol. The second-order valence-electron chi connectivity index (χ2n) is 7.79. The Kier molecular flexibility index (Phi) is 5.75. The minimum absolute atomic E-state index is 0.0246. The molecule has 5 rings (SSSR count). The van der Waals surface area contributed by atoms with Gasteiger partial charge in [0.1, 0.15) is 10.7 Å². The number of rotatable bonds is 5. The topological polar surface area (TPSA) is 124 Å². The molecule has 35 heavy (non-hydrogen) atoms. The summed E-state index contributed by atoms with van der Waals surface area (Å²) in [6, 6.07) is 14.2. The van der Waals surface area contributed by atoms with E-state index in [4.69, 9.17) is 14.1 Å². The zero-order chi connectivity index (χ0) is 24.5. The van der Waals surface area contributed by atoms with Gasteiger partial charge >= 0.3 is 5.88 Å². The normalized spacial score (nSPS) is 13.5. The molecule has 0 bridgehead atoms. The van der Waals surface area contributed by atoms with Crippen molar-refractivity contribution in [1.82, 2.24) is 4.68 Å². The van der Waals surface area contributed by atoms with Gasteiger partial charge in [0, 0.05) is 10.9 Å². The van der Waals surface area contributed by atoms with Crippen LogP contribution in [0.25, 0.3) is 11.3 Å². The third-order valence-corrected chi connectivity index (χ3v) is 6.15. The average Bonchev–Trinajstić information content (AvgIpc) is 3.47. The van der Waals surface area contributed by atoms with Crippen LogP contribution >= 0.6 is 11.3 Å². The van der Waals surface area contributed by atoms with Crippen LogP contribution in [-0.2, 0) is 4.79 Å². The van der Waals surface area contributed by atoms with Crippen molar-refractivity contribution < 1.29 is 18.9 Å². The second-order valence-corrected chi connectivity index (χ2v) is 8.63. The van der Waals surface area contributed by atoms with Crippen molar-refractivity contribution in [2.45, 2.75) is 13.8 Å². The zero-order valence-corrected chi connectivity index (χ0v) is 19.5. The Morgan fingerprint density at radius 2 is 1.97 bits per heavy atom. The Labute approximate surface area is 203 Å². The molecule has 0 aliphatic carbocycles. The molecule has 1 amide bonds. The van der Waals surface area contributed by atoms with Crippen LogP contribution in [0.4, 0.5) is 17.3 Å². The molecule has 0 radical (unpaired) electrons. The molecular weight excluding hydrogens is 470 g/mol. The van der Waals surface area contributed by atoms with Gasteiger partial charge in [0.05, 0.1) is 29.3 Å². The number of thiazole rings is 1. The van der Waals surface area contributed by atoms with E-state index >= 15 is 0 Å². The molecule has 2 aromatic heterocycles. The Morgan fingerprint density at radius 3 is 2.71 bits per heavy atom. The zero-order valence-electron chi connectivity index (χ0n) is 18.7. The van der Waals surface area contributed by atoms with Crippen LogP contribution in [0, 0.1) is 24.0 Å². The predicted molar refractivity (Wildman–Crippen MR) is 131 cm³/mol. The minimum Gasteiger partial charge on any atom is -0.482 e. The van der Waals surface area contributed by atoms with Gasteiger partial charge in [-0.1, -0.05) is 18.2 Å². The Morgan fingerprint density at radius 1 is 1.17 bits per heavy atom. The number of hydrogen-bond donors (Lipinski definition) is 1. The summed E-state index contributed by atoms with van der Waals surface area (Å²) in [5.41, 5.74) is 4.92. The molecule has 0 spiro atoms. The van der Waals surface area contributed by atoms with E-state index in [0.717, 1.165) is 22.4 Å². The summed E-state index contributed by atoms with van der Waals surface area (Å²) in [4.78, 5) is 27.6. The number of amides is 1. The fraction of sp³-hybridized carbons (Fsp3) is 0.125. The van der Waals surface area contributed by atoms with Crippen LogP contribution in [0.1, 0.15) is 16.9 Å². The van der Waals surface area contributed by atoms with Gasteiger partial charge < -0.3 is 14.5 Å². The summed E-state index contributed by atoms with van der Waals surface area (Å²) < 4.78 is 12.3. The number of carbonyl (C=O) groups is 1. The molecule has 4 aromatic rings. The first-order valence-electron chi connectivity index (χ1n) is 10.6. The quantitative estimate of drug-likeness (QED) is 0.245. The van der Waals surface area contributed by atoms with E-state index in [1.165, 1.54) is 29.7 Å². The highest BCUT2D eigenvalue weighted by Crippen LogP contribution is 2.33. The lowest BCUT2D eigenvalue weighted by Gasteiger charge is -2.18. The lowest BCUT2D eigenvalue weighted by Crippen LogP contribution is -2.25. The molecule has 0 unspecified atom stereocenters. The molecule has 0 saturated carbocycles. The van der Waals surface area contributed by atoms with Crippen molar-refractivity contribution in [3.05, 3.63) is 85.7 Å².